The smallest absolute Gasteiger partial charge is 0.408 e. The number of hydrogen-bond donors (Lipinski definition) is 2. The largest absolute Gasteiger partial charge is 0.445 e. The fourth-order valence-corrected chi connectivity index (χ4v) is 4.87. The van der Waals surface area contributed by atoms with E-state index in [4.69, 9.17) is 4.74 Å². The number of ether oxygens (including phenoxy) is 1. The Morgan fingerprint density at radius 2 is 1.36 bits per heavy atom. The third kappa shape index (κ3) is 9.32. The molecule has 0 radical (unpaired) electrons. The Morgan fingerprint density at radius 1 is 0.750 bits per heavy atom. The van der Waals surface area contributed by atoms with Gasteiger partial charge in [0.15, 0.2) is 11.6 Å². The Balaban J connectivity index is 1.45. The Bertz CT molecular complexity index is 1520. The van der Waals surface area contributed by atoms with Crippen molar-refractivity contribution in [2.24, 2.45) is 11.8 Å². The molecule has 230 valence electrons. The Morgan fingerprint density at radius 3 is 2.05 bits per heavy atom. The quantitative estimate of drug-likeness (QED) is 0.198. The summed E-state index contributed by atoms with van der Waals surface area (Å²) in [6.45, 7) is 7.83. The highest BCUT2D eigenvalue weighted by atomic mass is 16.5. The minimum Gasteiger partial charge on any atom is -0.445 e. The second-order valence-electron chi connectivity index (χ2n) is 11.7. The predicted molar refractivity (Wildman–Crippen MR) is 168 cm³/mol. The van der Waals surface area contributed by atoms with Gasteiger partial charge in [-0.1, -0.05) is 107 Å². The van der Waals surface area contributed by atoms with E-state index in [0.717, 1.165) is 22.3 Å². The number of alkyl carbamates (subject to hydrolysis) is 1. The zero-order chi connectivity index (χ0) is 31.5. The molecule has 0 aliphatic rings. The van der Waals surface area contributed by atoms with Gasteiger partial charge in [-0.2, -0.15) is 0 Å². The molecule has 0 saturated heterocycles. The number of hydrogen-bond acceptors (Lipinski definition) is 7. The van der Waals surface area contributed by atoms with E-state index in [1.54, 1.807) is 0 Å². The first-order valence-corrected chi connectivity index (χ1v) is 14.9. The first kappa shape index (κ1) is 32.1. The van der Waals surface area contributed by atoms with E-state index >= 15 is 0 Å². The molecule has 2 N–H and O–H groups in total. The van der Waals surface area contributed by atoms with Gasteiger partial charge in [0.1, 0.15) is 19.2 Å². The van der Waals surface area contributed by atoms with Crippen molar-refractivity contribution in [3.05, 3.63) is 90.5 Å². The number of rotatable bonds is 14. The SMILES string of the molecule is CC(C)C[C@H](NC(=O)[C@H](CC(C)C)NC(=O)OCc1ccccc1)C(=O)Cn1nnnc1-c1cccc(-c2ccccc2)c1. The standard InChI is InChI=1S/C34H40N6O4/c1-23(2)18-29(35-33(42)30(19-24(3)4)36-34(43)44-22-25-12-7-5-8-13-25)31(41)21-40-32(37-38-39-40)28-17-11-16-27(20-28)26-14-9-6-10-15-26/h5-17,20,23-24,29-30H,18-19,21-22H2,1-4H3,(H,35,42)(H,36,43)/t29-,30-/m0/s1. The van der Waals surface area contributed by atoms with Crippen molar-refractivity contribution in [2.75, 3.05) is 0 Å². The number of amides is 2. The minimum absolute atomic E-state index is 0.0830. The Hall–Kier alpha value is -4.86. The number of carbonyl (C=O) groups excluding carboxylic acids is 3. The summed E-state index contributed by atoms with van der Waals surface area (Å²) in [4.78, 5) is 39.7. The highest BCUT2D eigenvalue weighted by Gasteiger charge is 2.29. The van der Waals surface area contributed by atoms with Crippen molar-refractivity contribution in [1.29, 1.82) is 0 Å². The third-order valence-electron chi connectivity index (χ3n) is 7.01. The molecular weight excluding hydrogens is 556 g/mol. The summed E-state index contributed by atoms with van der Waals surface area (Å²) in [5.74, 6) is -0.00904. The van der Waals surface area contributed by atoms with Crippen LogP contribution in [0.25, 0.3) is 22.5 Å². The molecule has 0 fully saturated rings. The van der Waals surface area contributed by atoms with Crippen LogP contribution in [0.5, 0.6) is 0 Å². The van der Waals surface area contributed by atoms with Crippen molar-refractivity contribution in [3.8, 4) is 22.5 Å². The molecule has 1 aromatic heterocycles. The zero-order valence-corrected chi connectivity index (χ0v) is 25.6. The van der Waals surface area contributed by atoms with Gasteiger partial charge in [-0.3, -0.25) is 9.59 Å². The van der Waals surface area contributed by atoms with Gasteiger partial charge in [-0.25, -0.2) is 9.48 Å². The number of nitrogens with one attached hydrogen (secondary N) is 2. The molecule has 1 heterocycles. The summed E-state index contributed by atoms with van der Waals surface area (Å²) >= 11 is 0. The molecule has 0 aliphatic carbocycles. The average Bonchev–Trinajstić information content (AvgIpc) is 3.48. The van der Waals surface area contributed by atoms with E-state index in [2.05, 4.69) is 26.2 Å². The van der Waals surface area contributed by atoms with Gasteiger partial charge in [-0.15, -0.1) is 5.10 Å². The molecule has 0 bridgehead atoms. The summed E-state index contributed by atoms with van der Waals surface area (Å²) < 4.78 is 6.80. The lowest BCUT2D eigenvalue weighted by molar-refractivity contribution is -0.129. The fraction of sp³-hybridized carbons (Fsp3) is 0.353. The van der Waals surface area contributed by atoms with Gasteiger partial charge >= 0.3 is 6.09 Å². The van der Waals surface area contributed by atoms with Crippen molar-refractivity contribution in [3.63, 3.8) is 0 Å². The van der Waals surface area contributed by atoms with Crippen LogP contribution >= 0.6 is 0 Å². The molecular formula is C34H40N6O4. The maximum atomic E-state index is 13.6. The maximum absolute atomic E-state index is 13.6. The molecule has 0 saturated carbocycles. The number of carbonyl (C=O) groups is 3. The highest BCUT2D eigenvalue weighted by molar-refractivity contribution is 5.92. The summed E-state index contributed by atoms with van der Waals surface area (Å²) in [6, 6.07) is 25.4. The van der Waals surface area contributed by atoms with Crippen LogP contribution in [-0.2, 0) is 27.5 Å². The number of ketones is 1. The van der Waals surface area contributed by atoms with Crippen LogP contribution in [0.4, 0.5) is 4.79 Å². The summed E-state index contributed by atoms with van der Waals surface area (Å²) in [5, 5.41) is 17.7. The first-order valence-electron chi connectivity index (χ1n) is 14.9. The molecule has 0 aliphatic heterocycles. The first-order chi connectivity index (χ1) is 21.2. The van der Waals surface area contributed by atoms with Crippen LogP contribution in [0.1, 0.15) is 46.1 Å². The van der Waals surface area contributed by atoms with E-state index in [0.29, 0.717) is 18.7 Å². The summed E-state index contributed by atoms with van der Waals surface area (Å²) in [6.07, 6.45) is 0.0970. The highest BCUT2D eigenvalue weighted by Crippen LogP contribution is 2.25. The molecule has 3 aromatic carbocycles. The minimum atomic E-state index is -0.870. The number of nitrogens with zero attached hydrogens (tertiary/aromatic N) is 4. The molecule has 0 spiro atoms. The molecule has 2 amide bonds. The Labute approximate surface area is 258 Å². The van der Waals surface area contributed by atoms with Crippen LogP contribution in [0.2, 0.25) is 0 Å². The molecule has 0 unspecified atom stereocenters. The van der Waals surface area contributed by atoms with Crippen molar-refractivity contribution >= 4 is 17.8 Å². The molecule has 4 rings (SSSR count). The van der Waals surface area contributed by atoms with Crippen LogP contribution in [0.3, 0.4) is 0 Å². The van der Waals surface area contributed by atoms with Crippen molar-refractivity contribution in [1.82, 2.24) is 30.8 Å². The maximum Gasteiger partial charge on any atom is 0.408 e. The zero-order valence-electron chi connectivity index (χ0n) is 25.6. The van der Waals surface area contributed by atoms with Gasteiger partial charge in [0.2, 0.25) is 5.91 Å². The second kappa shape index (κ2) is 15.6. The molecule has 44 heavy (non-hydrogen) atoms. The van der Waals surface area contributed by atoms with Gasteiger partial charge in [0.25, 0.3) is 0 Å². The van der Waals surface area contributed by atoms with Crippen molar-refractivity contribution < 1.29 is 19.1 Å². The van der Waals surface area contributed by atoms with E-state index in [1.807, 2.05) is 113 Å². The summed E-state index contributed by atoms with van der Waals surface area (Å²) in [7, 11) is 0. The van der Waals surface area contributed by atoms with Gasteiger partial charge in [0, 0.05) is 5.56 Å². The van der Waals surface area contributed by atoms with E-state index in [1.165, 1.54) is 4.68 Å². The number of tetrazole rings is 1. The molecule has 4 aromatic rings. The number of aromatic nitrogens is 4. The van der Waals surface area contributed by atoms with Gasteiger partial charge < -0.3 is 15.4 Å². The monoisotopic (exact) mass is 596 g/mol. The molecule has 10 heteroatoms. The van der Waals surface area contributed by atoms with Crippen molar-refractivity contribution in [2.45, 2.75) is 65.8 Å². The van der Waals surface area contributed by atoms with Gasteiger partial charge in [-0.05, 0) is 57.9 Å². The van der Waals surface area contributed by atoms with Crippen LogP contribution in [-0.4, -0.2) is 50.1 Å². The van der Waals surface area contributed by atoms with Gasteiger partial charge in [0.05, 0.1) is 6.04 Å². The normalized spacial score (nSPS) is 12.5. The number of Topliss-reactive ketones (excluding diaryl/α,β-unsaturated/α-hetero) is 1. The summed E-state index contributed by atoms with van der Waals surface area (Å²) in [5.41, 5.74) is 3.66. The van der Waals surface area contributed by atoms with E-state index in [-0.39, 0.29) is 30.8 Å². The topological polar surface area (TPSA) is 128 Å². The number of benzene rings is 3. The van der Waals surface area contributed by atoms with Crippen LogP contribution in [0, 0.1) is 11.8 Å². The van der Waals surface area contributed by atoms with Crippen LogP contribution in [0.15, 0.2) is 84.9 Å². The fourth-order valence-electron chi connectivity index (χ4n) is 4.87. The predicted octanol–water partition coefficient (Wildman–Crippen LogP) is 5.45. The molecule has 10 nitrogen and oxygen atoms in total. The van der Waals surface area contributed by atoms with Crippen LogP contribution < -0.4 is 10.6 Å². The molecule has 2 atom stereocenters. The Kier molecular flexibility index (Phi) is 11.3. The lowest BCUT2D eigenvalue weighted by Gasteiger charge is -2.25. The second-order valence-corrected chi connectivity index (χ2v) is 11.7. The lowest BCUT2D eigenvalue weighted by atomic mass is 9.98. The van der Waals surface area contributed by atoms with E-state index in [9.17, 15) is 14.4 Å². The average molecular weight is 597 g/mol. The third-order valence-corrected chi connectivity index (χ3v) is 7.01. The van der Waals surface area contributed by atoms with E-state index < -0.39 is 24.1 Å². The lowest BCUT2D eigenvalue weighted by Crippen LogP contribution is -2.52.